The van der Waals surface area contributed by atoms with Crippen LogP contribution in [0.1, 0.15) is 33.1 Å². The van der Waals surface area contributed by atoms with Crippen LogP contribution in [-0.2, 0) is 4.79 Å². The van der Waals surface area contributed by atoms with E-state index in [1.165, 1.54) is 6.42 Å². The third-order valence-corrected chi connectivity index (χ3v) is 4.14. The van der Waals surface area contributed by atoms with Crippen molar-refractivity contribution in [3.05, 3.63) is 0 Å². The number of nitrogens with zero attached hydrogens (tertiary/aromatic N) is 1. The fourth-order valence-electron chi connectivity index (χ4n) is 2.56. The average molecular weight is 225 g/mol. The van der Waals surface area contributed by atoms with E-state index in [4.69, 9.17) is 5.73 Å². The maximum Gasteiger partial charge on any atom is 0.239 e. The molecule has 0 bridgehead atoms. The maximum absolute atomic E-state index is 12.0. The highest BCUT2D eigenvalue weighted by molar-refractivity contribution is 5.82. The number of hydrogen-bond acceptors (Lipinski definition) is 3. The van der Waals surface area contributed by atoms with Gasteiger partial charge in [0, 0.05) is 18.6 Å². The minimum atomic E-state index is -0.330. The van der Waals surface area contributed by atoms with Gasteiger partial charge in [-0.15, -0.1) is 0 Å². The number of nitrogens with one attached hydrogen (secondary N) is 1. The highest BCUT2D eigenvalue weighted by Gasteiger charge is 2.40. The monoisotopic (exact) mass is 225 g/mol. The summed E-state index contributed by atoms with van der Waals surface area (Å²) in [6, 6.07) is -0.330. The predicted molar refractivity (Wildman–Crippen MR) is 64.0 cm³/mol. The Morgan fingerprint density at radius 2 is 1.88 bits per heavy atom. The summed E-state index contributed by atoms with van der Waals surface area (Å²) in [7, 11) is 0. The Balaban J connectivity index is 1.86. The number of nitrogens with two attached hydrogens (primary N) is 1. The molecule has 4 nitrogen and oxygen atoms in total. The van der Waals surface area contributed by atoms with Crippen LogP contribution in [0.3, 0.4) is 0 Å². The quantitative estimate of drug-likeness (QED) is 0.712. The molecule has 0 saturated carbocycles. The minimum Gasteiger partial charge on any atom is -0.341 e. The Kier molecular flexibility index (Phi) is 3.22. The van der Waals surface area contributed by atoms with Gasteiger partial charge in [0.05, 0.1) is 6.04 Å². The second kappa shape index (κ2) is 4.34. The molecule has 4 heteroatoms. The van der Waals surface area contributed by atoms with E-state index in [1.54, 1.807) is 0 Å². The lowest BCUT2D eigenvalue weighted by atomic mass is 9.79. The molecule has 0 radical (unpaired) electrons. The van der Waals surface area contributed by atoms with E-state index in [-0.39, 0.29) is 17.9 Å². The van der Waals surface area contributed by atoms with Crippen LogP contribution in [0, 0.1) is 5.92 Å². The van der Waals surface area contributed by atoms with Gasteiger partial charge in [-0.1, -0.05) is 13.8 Å². The fraction of sp³-hybridized carbons (Fsp3) is 0.917. The van der Waals surface area contributed by atoms with Crippen LogP contribution in [0.15, 0.2) is 0 Å². The lowest BCUT2D eigenvalue weighted by Crippen LogP contribution is -2.63. The molecule has 2 rings (SSSR count). The molecule has 2 saturated heterocycles. The van der Waals surface area contributed by atoms with Crippen LogP contribution in [0.4, 0.5) is 0 Å². The van der Waals surface area contributed by atoms with Crippen molar-refractivity contribution < 1.29 is 4.79 Å². The molecule has 1 spiro atoms. The van der Waals surface area contributed by atoms with Gasteiger partial charge < -0.3 is 16.0 Å². The molecule has 2 fully saturated rings. The van der Waals surface area contributed by atoms with Crippen LogP contribution < -0.4 is 11.1 Å². The summed E-state index contributed by atoms with van der Waals surface area (Å²) in [4.78, 5) is 14.0. The molecule has 92 valence electrons. The number of rotatable bonds is 2. The van der Waals surface area contributed by atoms with E-state index >= 15 is 0 Å². The van der Waals surface area contributed by atoms with Crippen molar-refractivity contribution in [2.45, 2.75) is 44.7 Å². The van der Waals surface area contributed by atoms with E-state index in [9.17, 15) is 4.79 Å². The third kappa shape index (κ3) is 2.09. The summed E-state index contributed by atoms with van der Waals surface area (Å²) in [5.41, 5.74) is 6.26. The topological polar surface area (TPSA) is 58.4 Å². The lowest BCUT2D eigenvalue weighted by molar-refractivity contribution is -0.135. The number of amides is 1. The van der Waals surface area contributed by atoms with Gasteiger partial charge in [0.25, 0.3) is 0 Å². The zero-order valence-electron chi connectivity index (χ0n) is 10.3. The summed E-state index contributed by atoms with van der Waals surface area (Å²) in [5, 5.41) is 3.50. The molecule has 1 atom stereocenters. The van der Waals surface area contributed by atoms with Gasteiger partial charge in [-0.25, -0.2) is 0 Å². The van der Waals surface area contributed by atoms with Crippen molar-refractivity contribution in [1.29, 1.82) is 0 Å². The molecule has 0 aliphatic carbocycles. The van der Waals surface area contributed by atoms with Crippen molar-refractivity contribution in [1.82, 2.24) is 10.2 Å². The summed E-state index contributed by atoms with van der Waals surface area (Å²) < 4.78 is 0. The molecule has 0 aromatic carbocycles. The predicted octanol–water partition coefficient (Wildman–Crippen LogP) is 0.324. The Bertz CT molecular complexity index is 263. The van der Waals surface area contributed by atoms with Crippen LogP contribution in [-0.4, -0.2) is 42.0 Å². The zero-order chi connectivity index (χ0) is 11.8. The number of carbonyl (C=O) groups is 1. The SMILES string of the molecule is CC(C)[C@H](N)C(=O)N1CCC2(CCN2)CC1. The molecule has 2 heterocycles. The van der Waals surface area contributed by atoms with Crippen molar-refractivity contribution in [2.24, 2.45) is 11.7 Å². The molecule has 1 amide bonds. The molecule has 0 aromatic heterocycles. The van der Waals surface area contributed by atoms with Crippen LogP contribution in [0.25, 0.3) is 0 Å². The highest BCUT2D eigenvalue weighted by Crippen LogP contribution is 2.31. The smallest absolute Gasteiger partial charge is 0.239 e. The molecule has 0 unspecified atom stereocenters. The average Bonchev–Trinajstić information content (AvgIpc) is 2.25. The summed E-state index contributed by atoms with van der Waals surface area (Å²) in [5.74, 6) is 0.356. The van der Waals surface area contributed by atoms with Gasteiger partial charge in [0.1, 0.15) is 0 Å². The second-order valence-electron chi connectivity index (χ2n) is 5.55. The molecular formula is C12H23N3O. The van der Waals surface area contributed by atoms with Gasteiger partial charge in [-0.05, 0) is 31.7 Å². The van der Waals surface area contributed by atoms with Crippen molar-refractivity contribution >= 4 is 5.91 Å². The normalized spacial score (nSPS) is 25.6. The molecular weight excluding hydrogens is 202 g/mol. The fourth-order valence-corrected chi connectivity index (χ4v) is 2.56. The van der Waals surface area contributed by atoms with Gasteiger partial charge in [0.2, 0.25) is 5.91 Å². The van der Waals surface area contributed by atoms with Gasteiger partial charge >= 0.3 is 0 Å². The van der Waals surface area contributed by atoms with Crippen molar-refractivity contribution in [2.75, 3.05) is 19.6 Å². The molecule has 2 aliphatic rings. The van der Waals surface area contributed by atoms with Crippen LogP contribution in [0.2, 0.25) is 0 Å². The van der Waals surface area contributed by atoms with Crippen LogP contribution >= 0.6 is 0 Å². The molecule has 2 aliphatic heterocycles. The summed E-state index contributed by atoms with van der Waals surface area (Å²) in [6.45, 7) is 6.88. The molecule has 16 heavy (non-hydrogen) atoms. The largest absolute Gasteiger partial charge is 0.341 e. The first-order chi connectivity index (χ1) is 7.54. The van der Waals surface area contributed by atoms with E-state index in [0.29, 0.717) is 5.54 Å². The highest BCUT2D eigenvalue weighted by atomic mass is 16.2. The number of carbonyl (C=O) groups excluding carboxylic acids is 1. The lowest BCUT2D eigenvalue weighted by Gasteiger charge is -2.49. The minimum absolute atomic E-state index is 0.129. The van der Waals surface area contributed by atoms with E-state index in [1.807, 2.05) is 18.7 Å². The van der Waals surface area contributed by atoms with Crippen molar-refractivity contribution in [3.8, 4) is 0 Å². The van der Waals surface area contributed by atoms with Crippen molar-refractivity contribution in [3.63, 3.8) is 0 Å². The summed E-state index contributed by atoms with van der Waals surface area (Å²) in [6.07, 6.45) is 3.44. The Labute approximate surface area is 97.6 Å². The summed E-state index contributed by atoms with van der Waals surface area (Å²) >= 11 is 0. The van der Waals surface area contributed by atoms with E-state index in [2.05, 4.69) is 5.32 Å². The Morgan fingerprint density at radius 3 is 2.25 bits per heavy atom. The van der Waals surface area contributed by atoms with Gasteiger partial charge in [-0.3, -0.25) is 4.79 Å². The van der Waals surface area contributed by atoms with Crippen LogP contribution in [0.5, 0.6) is 0 Å². The second-order valence-corrected chi connectivity index (χ2v) is 5.55. The number of hydrogen-bond donors (Lipinski definition) is 2. The zero-order valence-corrected chi connectivity index (χ0v) is 10.3. The first kappa shape index (κ1) is 11.9. The van der Waals surface area contributed by atoms with E-state index < -0.39 is 0 Å². The first-order valence-corrected chi connectivity index (χ1v) is 6.33. The third-order valence-electron chi connectivity index (χ3n) is 4.14. The number of piperidine rings is 1. The Morgan fingerprint density at radius 1 is 1.31 bits per heavy atom. The molecule has 0 aromatic rings. The van der Waals surface area contributed by atoms with Gasteiger partial charge in [0.15, 0.2) is 0 Å². The maximum atomic E-state index is 12.0. The standard InChI is InChI=1S/C12H23N3O/c1-9(2)10(13)11(16)15-7-4-12(5-8-15)3-6-14-12/h9-10,14H,3-8,13H2,1-2H3/t10-/m0/s1. The molecule has 3 N–H and O–H groups in total. The van der Waals surface area contributed by atoms with Gasteiger partial charge in [-0.2, -0.15) is 0 Å². The van der Waals surface area contributed by atoms with E-state index in [0.717, 1.165) is 32.5 Å². The first-order valence-electron chi connectivity index (χ1n) is 6.33. The number of likely N-dealkylation sites (tertiary alicyclic amines) is 1. The Hall–Kier alpha value is -0.610.